The van der Waals surface area contributed by atoms with E-state index in [2.05, 4.69) is 4.74 Å². The molecule has 1 rings (SSSR count). The number of esters is 1. The van der Waals surface area contributed by atoms with E-state index in [9.17, 15) is 35.5 Å². The Balaban J connectivity index is 3.09. The summed E-state index contributed by atoms with van der Waals surface area (Å²) in [6.45, 7) is 0. The number of benzene rings is 1. The maximum atomic E-state index is 12.5. The first-order valence-electron chi connectivity index (χ1n) is 4.73. The van der Waals surface area contributed by atoms with Gasteiger partial charge >= 0.3 is 24.1 Å². The predicted molar refractivity (Wildman–Crippen MR) is 48.9 cm³/mol. The van der Waals surface area contributed by atoms with E-state index in [1.807, 2.05) is 0 Å². The van der Waals surface area contributed by atoms with Crippen LogP contribution in [0.2, 0.25) is 0 Å². The zero-order chi connectivity index (χ0) is 15.8. The van der Waals surface area contributed by atoms with Gasteiger partial charge < -0.3 is 9.84 Å². The molecule has 0 bridgehead atoms. The zero-order valence-corrected chi connectivity index (χ0v) is 9.22. The summed E-state index contributed by atoms with van der Waals surface area (Å²) in [6, 6.07) is 2.45. The van der Waals surface area contributed by atoms with Crippen molar-refractivity contribution in [1.82, 2.24) is 0 Å². The van der Waals surface area contributed by atoms with Crippen molar-refractivity contribution in [2.45, 2.75) is 18.1 Å². The van der Waals surface area contributed by atoms with Crippen molar-refractivity contribution in [2.24, 2.45) is 0 Å². The highest BCUT2D eigenvalue weighted by Gasteiger charge is 2.74. The number of carbonyl (C=O) groups excluding carboxylic acids is 1. The van der Waals surface area contributed by atoms with Crippen LogP contribution in [0.25, 0.3) is 0 Å². The Morgan fingerprint density at radius 2 is 1.35 bits per heavy atom. The predicted octanol–water partition coefficient (Wildman–Crippen LogP) is 2.80. The van der Waals surface area contributed by atoms with Crippen LogP contribution in [-0.4, -0.2) is 29.2 Å². The summed E-state index contributed by atoms with van der Waals surface area (Å²) in [5.41, 5.74) is -0.793. The van der Waals surface area contributed by atoms with Gasteiger partial charge in [0.1, 0.15) is 5.82 Å². The van der Waals surface area contributed by atoms with E-state index < -0.39 is 35.5 Å². The third kappa shape index (κ3) is 3.00. The van der Waals surface area contributed by atoms with Gasteiger partial charge in [-0.05, 0) is 24.3 Å². The zero-order valence-electron chi connectivity index (χ0n) is 9.22. The smallest absolute Gasteiger partial charge is 0.412 e. The first-order chi connectivity index (χ1) is 8.88. The normalized spacial score (nSPS) is 13.2. The highest BCUT2D eigenvalue weighted by molar-refractivity contribution is 5.89. The molecule has 0 aromatic heterocycles. The van der Waals surface area contributed by atoms with Crippen molar-refractivity contribution in [3.05, 3.63) is 35.6 Å². The first-order valence-corrected chi connectivity index (χ1v) is 4.73. The molecule has 0 amide bonds. The maximum absolute atomic E-state index is 12.5. The van der Waals surface area contributed by atoms with Gasteiger partial charge in [-0.1, -0.05) is 0 Å². The molecule has 0 heterocycles. The second-order valence-electron chi connectivity index (χ2n) is 3.54. The second-order valence-corrected chi connectivity index (χ2v) is 3.54. The van der Waals surface area contributed by atoms with Gasteiger partial charge in [0, 0.05) is 0 Å². The molecule has 0 saturated heterocycles. The molecule has 3 nitrogen and oxygen atoms in total. The van der Waals surface area contributed by atoms with Crippen LogP contribution in [-0.2, 0) is 4.74 Å². The van der Waals surface area contributed by atoms with E-state index in [0.717, 1.165) is 0 Å². The van der Waals surface area contributed by atoms with E-state index in [1.54, 1.807) is 0 Å². The maximum Gasteiger partial charge on any atom is 0.465 e. The van der Waals surface area contributed by atoms with Crippen LogP contribution in [0.4, 0.5) is 30.7 Å². The number of carbonyl (C=O) groups is 1. The number of aliphatic hydroxyl groups is 1. The van der Waals surface area contributed by atoms with Crippen LogP contribution in [0.3, 0.4) is 0 Å². The van der Waals surface area contributed by atoms with Crippen LogP contribution < -0.4 is 0 Å². The fourth-order valence-corrected chi connectivity index (χ4v) is 1.06. The van der Waals surface area contributed by atoms with Gasteiger partial charge in [0.2, 0.25) is 0 Å². The largest absolute Gasteiger partial charge is 0.465 e. The summed E-state index contributed by atoms with van der Waals surface area (Å²) in [5, 5.41) is 8.60. The summed E-state index contributed by atoms with van der Waals surface area (Å²) in [5.74, 6) is -8.63. The minimum Gasteiger partial charge on any atom is -0.412 e. The van der Waals surface area contributed by atoms with Gasteiger partial charge in [-0.2, -0.15) is 26.3 Å². The minimum absolute atomic E-state index is 0.602. The lowest BCUT2D eigenvalue weighted by Crippen LogP contribution is -2.59. The van der Waals surface area contributed by atoms with Crippen LogP contribution >= 0.6 is 0 Å². The molecule has 1 N–H and O–H groups in total. The molecule has 1 aromatic rings. The van der Waals surface area contributed by atoms with Crippen molar-refractivity contribution in [3.8, 4) is 0 Å². The van der Waals surface area contributed by atoms with Crippen molar-refractivity contribution in [2.75, 3.05) is 0 Å². The summed E-state index contributed by atoms with van der Waals surface area (Å²) >= 11 is 0. The fourth-order valence-electron chi connectivity index (χ4n) is 1.06. The first kappa shape index (κ1) is 16.2. The van der Waals surface area contributed by atoms with E-state index in [-0.39, 0.29) is 0 Å². The Labute approximate surface area is 106 Å². The highest BCUT2D eigenvalue weighted by Crippen LogP contribution is 2.44. The molecular weight excluding hydrogens is 301 g/mol. The van der Waals surface area contributed by atoms with E-state index in [4.69, 9.17) is 5.11 Å². The molecule has 0 saturated carbocycles. The molecule has 0 aliphatic heterocycles. The highest BCUT2D eigenvalue weighted by atomic mass is 19.4. The van der Waals surface area contributed by atoms with Gasteiger partial charge in [0.15, 0.2) is 0 Å². The van der Waals surface area contributed by atoms with Gasteiger partial charge in [-0.3, -0.25) is 0 Å². The van der Waals surface area contributed by atoms with Crippen molar-refractivity contribution >= 4 is 5.97 Å². The van der Waals surface area contributed by atoms with Crippen LogP contribution in [0.15, 0.2) is 24.3 Å². The lowest BCUT2D eigenvalue weighted by atomic mass is 10.2. The van der Waals surface area contributed by atoms with Crippen LogP contribution in [0.5, 0.6) is 0 Å². The number of halogens is 7. The molecule has 0 fully saturated rings. The Kier molecular flexibility index (Phi) is 3.99. The molecule has 0 unspecified atom stereocenters. The molecule has 20 heavy (non-hydrogen) atoms. The fraction of sp³-hybridized carbons (Fsp3) is 0.300. The molecule has 1 aromatic carbocycles. The lowest BCUT2D eigenvalue weighted by Gasteiger charge is -2.31. The number of alkyl halides is 6. The average molecular weight is 306 g/mol. The SMILES string of the molecule is O=C(OC(O)(C(F)(F)F)C(F)(F)F)c1ccc(F)cc1. The van der Waals surface area contributed by atoms with Crippen molar-refractivity contribution in [3.63, 3.8) is 0 Å². The molecule has 0 atom stereocenters. The van der Waals surface area contributed by atoms with Crippen LogP contribution in [0, 0.1) is 5.82 Å². The summed E-state index contributed by atoms with van der Waals surface area (Å²) in [7, 11) is 0. The van der Waals surface area contributed by atoms with E-state index in [1.165, 1.54) is 0 Å². The van der Waals surface area contributed by atoms with Crippen molar-refractivity contribution < 1.29 is 45.4 Å². The van der Waals surface area contributed by atoms with Crippen LogP contribution in [0.1, 0.15) is 10.4 Å². The molecule has 0 spiro atoms. The Hall–Kier alpha value is -1.84. The van der Waals surface area contributed by atoms with E-state index >= 15 is 0 Å². The van der Waals surface area contributed by atoms with Gasteiger partial charge in [0.05, 0.1) is 5.56 Å². The summed E-state index contributed by atoms with van der Waals surface area (Å²) < 4.78 is 89.0. The minimum atomic E-state index is -6.29. The Bertz CT molecular complexity index is 475. The molecule has 112 valence electrons. The quantitative estimate of drug-likeness (QED) is 0.519. The summed E-state index contributed by atoms with van der Waals surface area (Å²) in [4.78, 5) is 11.2. The van der Waals surface area contributed by atoms with Crippen molar-refractivity contribution in [1.29, 1.82) is 0 Å². The number of ether oxygens (including phenoxy) is 1. The molecule has 0 aliphatic carbocycles. The summed E-state index contributed by atoms with van der Waals surface area (Å²) in [6.07, 6.45) is -12.6. The molecule has 0 aliphatic rings. The average Bonchev–Trinajstić information content (AvgIpc) is 2.26. The third-order valence-corrected chi connectivity index (χ3v) is 2.09. The third-order valence-electron chi connectivity index (χ3n) is 2.09. The van der Waals surface area contributed by atoms with Gasteiger partial charge in [0.25, 0.3) is 0 Å². The van der Waals surface area contributed by atoms with E-state index in [0.29, 0.717) is 24.3 Å². The number of rotatable bonds is 2. The molecular formula is C10H5F7O3. The topological polar surface area (TPSA) is 46.5 Å². The van der Waals surface area contributed by atoms with Gasteiger partial charge in [-0.25, -0.2) is 9.18 Å². The molecule has 0 radical (unpaired) electrons. The lowest BCUT2D eigenvalue weighted by molar-refractivity contribution is -0.441. The molecule has 10 heteroatoms. The number of hydrogen-bond acceptors (Lipinski definition) is 3. The van der Waals surface area contributed by atoms with Gasteiger partial charge in [-0.15, -0.1) is 0 Å². The second kappa shape index (κ2) is 4.93. The Morgan fingerprint density at radius 3 is 1.70 bits per heavy atom. The number of hydrogen-bond donors (Lipinski definition) is 1. The Morgan fingerprint density at radius 1 is 0.950 bits per heavy atom. The standard InChI is InChI=1S/C10H5F7O3/c11-6-3-1-5(2-4-6)7(18)20-8(19,9(12,13)14)10(15,16)17/h1-4,19H. The monoisotopic (exact) mass is 306 g/mol.